The zero-order valence-corrected chi connectivity index (χ0v) is 17.3. The van der Waals surface area contributed by atoms with Crippen molar-refractivity contribution in [1.82, 2.24) is 0 Å². The predicted molar refractivity (Wildman–Crippen MR) is 112 cm³/mol. The van der Waals surface area contributed by atoms with Crippen LogP contribution in [0.2, 0.25) is 5.02 Å². The van der Waals surface area contributed by atoms with E-state index >= 15 is 0 Å². The molecule has 0 fully saturated rings. The van der Waals surface area contributed by atoms with Crippen LogP contribution in [0.1, 0.15) is 5.56 Å². The molecule has 0 radical (unpaired) electrons. The molecule has 3 aromatic carbocycles. The van der Waals surface area contributed by atoms with Gasteiger partial charge < -0.3 is 5.32 Å². The summed E-state index contributed by atoms with van der Waals surface area (Å²) in [4.78, 5) is 12.6. The number of amides is 1. The molecular weight excluding hydrogens is 434 g/mol. The van der Waals surface area contributed by atoms with Gasteiger partial charge in [0.05, 0.1) is 10.6 Å². The molecule has 0 aliphatic heterocycles. The van der Waals surface area contributed by atoms with Gasteiger partial charge in [0, 0.05) is 16.8 Å². The molecule has 0 saturated heterocycles. The zero-order valence-electron chi connectivity index (χ0n) is 15.8. The number of anilines is 2. The molecule has 0 spiro atoms. The maximum Gasteiger partial charge on any atom is 0.264 e. The Bertz CT molecular complexity index is 1190. The number of rotatable bonds is 6. The highest BCUT2D eigenvalue weighted by atomic mass is 35.5. The number of halogens is 3. The summed E-state index contributed by atoms with van der Waals surface area (Å²) < 4.78 is 54.0. The molecule has 0 heterocycles. The minimum absolute atomic E-state index is 0.00113. The second-order valence-electron chi connectivity index (χ2n) is 6.43. The number of hydrogen-bond acceptors (Lipinski definition) is 3. The minimum Gasteiger partial charge on any atom is -0.324 e. The fourth-order valence-corrected chi connectivity index (χ4v) is 4.44. The zero-order chi connectivity index (χ0) is 21.9. The van der Waals surface area contributed by atoms with Gasteiger partial charge in [-0.3, -0.25) is 9.10 Å². The highest BCUT2D eigenvalue weighted by Crippen LogP contribution is 2.29. The first-order chi connectivity index (χ1) is 14.2. The molecule has 0 aliphatic carbocycles. The van der Waals surface area contributed by atoms with E-state index in [1.165, 1.54) is 24.3 Å². The number of hydrogen-bond donors (Lipinski definition) is 1. The highest BCUT2D eigenvalue weighted by Gasteiger charge is 2.28. The van der Waals surface area contributed by atoms with Gasteiger partial charge in [0.2, 0.25) is 5.91 Å². The topological polar surface area (TPSA) is 66.5 Å². The average Bonchev–Trinajstić information content (AvgIpc) is 2.71. The number of benzene rings is 3. The van der Waals surface area contributed by atoms with Gasteiger partial charge in [0.15, 0.2) is 11.6 Å². The normalized spacial score (nSPS) is 11.2. The maximum absolute atomic E-state index is 13.4. The molecule has 0 aliphatic rings. The predicted octanol–water partition coefficient (Wildman–Crippen LogP) is 4.76. The number of carbonyl (C=O) groups is 1. The van der Waals surface area contributed by atoms with E-state index < -0.39 is 34.1 Å². The van der Waals surface area contributed by atoms with Crippen molar-refractivity contribution in [2.75, 3.05) is 16.2 Å². The number of sulfonamides is 1. The number of nitrogens with zero attached hydrogens (tertiary/aromatic N) is 1. The van der Waals surface area contributed by atoms with Gasteiger partial charge in [-0.05, 0) is 48.9 Å². The van der Waals surface area contributed by atoms with Crippen molar-refractivity contribution in [2.24, 2.45) is 0 Å². The molecule has 0 aromatic heterocycles. The fourth-order valence-electron chi connectivity index (χ4n) is 2.78. The van der Waals surface area contributed by atoms with Gasteiger partial charge >= 0.3 is 0 Å². The Morgan fingerprint density at radius 2 is 1.70 bits per heavy atom. The van der Waals surface area contributed by atoms with Crippen molar-refractivity contribution in [1.29, 1.82) is 0 Å². The van der Waals surface area contributed by atoms with Crippen molar-refractivity contribution in [2.45, 2.75) is 11.8 Å². The van der Waals surface area contributed by atoms with Gasteiger partial charge in [0.1, 0.15) is 6.54 Å². The lowest BCUT2D eigenvalue weighted by Crippen LogP contribution is -2.38. The summed E-state index contributed by atoms with van der Waals surface area (Å²) in [6.07, 6.45) is 0. The Morgan fingerprint density at radius 1 is 1.00 bits per heavy atom. The van der Waals surface area contributed by atoms with E-state index in [4.69, 9.17) is 11.6 Å². The first-order valence-electron chi connectivity index (χ1n) is 8.77. The van der Waals surface area contributed by atoms with Crippen LogP contribution in [0.15, 0.2) is 71.6 Å². The molecule has 30 heavy (non-hydrogen) atoms. The van der Waals surface area contributed by atoms with Crippen molar-refractivity contribution < 1.29 is 22.0 Å². The van der Waals surface area contributed by atoms with Crippen LogP contribution >= 0.6 is 11.6 Å². The van der Waals surface area contributed by atoms with Gasteiger partial charge in [-0.2, -0.15) is 0 Å². The Kier molecular flexibility index (Phi) is 6.38. The third-order valence-corrected chi connectivity index (χ3v) is 6.27. The second-order valence-corrected chi connectivity index (χ2v) is 8.73. The lowest BCUT2D eigenvalue weighted by atomic mass is 10.2. The van der Waals surface area contributed by atoms with Crippen molar-refractivity contribution in [3.63, 3.8) is 0 Å². The minimum atomic E-state index is -4.12. The molecule has 1 amide bonds. The van der Waals surface area contributed by atoms with Crippen molar-refractivity contribution >= 4 is 38.9 Å². The standard InChI is InChI=1S/C21H17ClF2N2O3S/c1-14-7-8-15(22)11-20(14)26(30(28,29)17-5-3-2-4-6-17)13-21(27)25-16-9-10-18(23)19(24)12-16/h2-12H,13H2,1H3,(H,25,27). The summed E-state index contributed by atoms with van der Waals surface area (Å²) in [7, 11) is -4.12. The summed E-state index contributed by atoms with van der Waals surface area (Å²) in [5.41, 5.74) is 0.810. The largest absolute Gasteiger partial charge is 0.324 e. The molecule has 0 saturated carbocycles. The highest BCUT2D eigenvalue weighted by molar-refractivity contribution is 7.92. The average molecular weight is 451 g/mol. The molecule has 0 unspecified atom stereocenters. The number of aryl methyl sites for hydroxylation is 1. The van der Waals surface area contributed by atoms with Crippen LogP contribution in [0, 0.1) is 18.6 Å². The van der Waals surface area contributed by atoms with E-state index in [0.29, 0.717) is 10.6 Å². The van der Waals surface area contributed by atoms with E-state index in [0.717, 1.165) is 16.4 Å². The van der Waals surface area contributed by atoms with Crippen molar-refractivity contribution in [3.8, 4) is 0 Å². The third-order valence-electron chi connectivity index (χ3n) is 4.26. The first-order valence-corrected chi connectivity index (χ1v) is 10.6. The molecule has 3 rings (SSSR count). The maximum atomic E-state index is 13.4. The second kappa shape index (κ2) is 8.81. The summed E-state index contributed by atoms with van der Waals surface area (Å²) in [6, 6.07) is 15.2. The van der Waals surface area contributed by atoms with Crippen LogP contribution in [0.4, 0.5) is 20.2 Å². The summed E-state index contributed by atoms with van der Waals surface area (Å²) >= 11 is 6.06. The number of carbonyl (C=O) groups excluding carboxylic acids is 1. The van der Waals surface area contributed by atoms with Gasteiger partial charge in [-0.1, -0.05) is 35.9 Å². The van der Waals surface area contributed by atoms with Gasteiger partial charge in [-0.15, -0.1) is 0 Å². The fraction of sp³-hybridized carbons (Fsp3) is 0.0952. The first kappa shape index (κ1) is 21.7. The van der Waals surface area contributed by atoms with Crippen LogP contribution < -0.4 is 9.62 Å². The molecule has 1 N–H and O–H groups in total. The summed E-state index contributed by atoms with van der Waals surface area (Å²) in [5.74, 6) is -2.93. The van der Waals surface area contributed by atoms with Gasteiger partial charge in [0.25, 0.3) is 10.0 Å². The van der Waals surface area contributed by atoms with Crippen LogP contribution in [-0.4, -0.2) is 20.9 Å². The molecular formula is C21H17ClF2N2O3S. The van der Waals surface area contributed by atoms with E-state index in [2.05, 4.69) is 5.32 Å². The van der Waals surface area contributed by atoms with Crippen molar-refractivity contribution in [3.05, 3.63) is 89.0 Å². The quantitative estimate of drug-likeness (QED) is 0.588. The molecule has 5 nitrogen and oxygen atoms in total. The Hall–Kier alpha value is -2.97. The molecule has 3 aromatic rings. The van der Waals surface area contributed by atoms with E-state index in [1.54, 1.807) is 37.3 Å². The Labute approximate surface area is 178 Å². The monoisotopic (exact) mass is 450 g/mol. The Morgan fingerprint density at radius 3 is 2.37 bits per heavy atom. The lowest BCUT2D eigenvalue weighted by molar-refractivity contribution is -0.114. The molecule has 0 bridgehead atoms. The van der Waals surface area contributed by atoms with E-state index in [-0.39, 0.29) is 16.3 Å². The third kappa shape index (κ3) is 4.77. The van der Waals surface area contributed by atoms with Crippen LogP contribution in [0.3, 0.4) is 0 Å². The lowest BCUT2D eigenvalue weighted by Gasteiger charge is -2.26. The summed E-state index contributed by atoms with van der Waals surface area (Å²) in [5, 5.41) is 2.68. The molecule has 9 heteroatoms. The summed E-state index contributed by atoms with van der Waals surface area (Å²) in [6.45, 7) is 1.09. The van der Waals surface area contributed by atoms with Crippen LogP contribution in [0.5, 0.6) is 0 Å². The van der Waals surface area contributed by atoms with Crippen LogP contribution in [-0.2, 0) is 14.8 Å². The smallest absolute Gasteiger partial charge is 0.264 e. The van der Waals surface area contributed by atoms with E-state index in [9.17, 15) is 22.0 Å². The van der Waals surface area contributed by atoms with Gasteiger partial charge in [-0.25, -0.2) is 17.2 Å². The molecule has 0 atom stereocenters. The SMILES string of the molecule is Cc1ccc(Cl)cc1N(CC(=O)Nc1ccc(F)c(F)c1)S(=O)(=O)c1ccccc1. The van der Waals surface area contributed by atoms with E-state index in [1.807, 2.05) is 0 Å². The Balaban J connectivity index is 1.98. The van der Waals surface area contributed by atoms with Crippen LogP contribution in [0.25, 0.3) is 0 Å². The molecule has 156 valence electrons. The number of nitrogens with one attached hydrogen (secondary N) is 1.